The van der Waals surface area contributed by atoms with Crippen LogP contribution < -0.4 is 5.32 Å². The standard InChI is InChI=1S/C11H12N2O/c1-4-9-6-5-7-10(13-9)11(14)12-8(2)3/h1,5-8H,2-3H3,(H,12,14). The van der Waals surface area contributed by atoms with Gasteiger partial charge < -0.3 is 5.32 Å². The number of carbonyl (C=O) groups is 1. The van der Waals surface area contributed by atoms with Gasteiger partial charge in [-0.3, -0.25) is 4.79 Å². The molecule has 3 heteroatoms. The minimum absolute atomic E-state index is 0.0961. The fourth-order valence-electron chi connectivity index (χ4n) is 0.978. The minimum atomic E-state index is -0.197. The third-order valence-corrected chi connectivity index (χ3v) is 1.55. The predicted molar refractivity (Wildman–Crippen MR) is 54.8 cm³/mol. The second kappa shape index (κ2) is 4.43. The highest BCUT2D eigenvalue weighted by Gasteiger charge is 2.07. The van der Waals surface area contributed by atoms with Crippen LogP contribution in [0.25, 0.3) is 0 Å². The van der Waals surface area contributed by atoms with Gasteiger partial charge in [0.1, 0.15) is 11.4 Å². The molecule has 0 saturated heterocycles. The minimum Gasteiger partial charge on any atom is -0.349 e. The van der Waals surface area contributed by atoms with Crippen LogP contribution in [-0.4, -0.2) is 16.9 Å². The Morgan fingerprint density at radius 3 is 2.86 bits per heavy atom. The molecule has 3 nitrogen and oxygen atoms in total. The molecular weight excluding hydrogens is 176 g/mol. The van der Waals surface area contributed by atoms with Crippen LogP contribution in [0.2, 0.25) is 0 Å². The first-order valence-electron chi connectivity index (χ1n) is 4.38. The number of aromatic nitrogens is 1. The largest absolute Gasteiger partial charge is 0.349 e. The Morgan fingerprint density at radius 1 is 1.57 bits per heavy atom. The molecule has 1 rings (SSSR count). The van der Waals surface area contributed by atoms with Crippen LogP contribution in [0.5, 0.6) is 0 Å². The van der Waals surface area contributed by atoms with Gasteiger partial charge in [-0.1, -0.05) is 12.0 Å². The summed E-state index contributed by atoms with van der Waals surface area (Å²) in [5, 5.41) is 2.74. The Bertz CT molecular complexity index is 377. The first-order valence-corrected chi connectivity index (χ1v) is 4.38. The van der Waals surface area contributed by atoms with Gasteiger partial charge in [0, 0.05) is 6.04 Å². The van der Waals surface area contributed by atoms with Gasteiger partial charge >= 0.3 is 0 Å². The van der Waals surface area contributed by atoms with Crippen LogP contribution in [0.15, 0.2) is 18.2 Å². The highest BCUT2D eigenvalue weighted by Crippen LogP contribution is 1.98. The number of rotatable bonds is 2. The summed E-state index contributed by atoms with van der Waals surface area (Å²) < 4.78 is 0. The number of nitrogens with zero attached hydrogens (tertiary/aromatic N) is 1. The Morgan fingerprint density at radius 2 is 2.29 bits per heavy atom. The quantitative estimate of drug-likeness (QED) is 0.708. The van der Waals surface area contributed by atoms with E-state index in [2.05, 4.69) is 16.2 Å². The Hall–Kier alpha value is -1.82. The van der Waals surface area contributed by atoms with Crippen molar-refractivity contribution in [1.29, 1.82) is 0 Å². The van der Waals surface area contributed by atoms with Crippen molar-refractivity contribution >= 4 is 5.91 Å². The van der Waals surface area contributed by atoms with Gasteiger partial charge in [-0.15, -0.1) is 6.42 Å². The lowest BCUT2D eigenvalue weighted by molar-refractivity contribution is 0.0938. The second-order valence-corrected chi connectivity index (χ2v) is 3.18. The Balaban J connectivity index is 2.86. The van der Waals surface area contributed by atoms with Crippen LogP contribution in [0.3, 0.4) is 0 Å². The van der Waals surface area contributed by atoms with E-state index in [0.717, 1.165) is 0 Å². The monoisotopic (exact) mass is 188 g/mol. The van der Waals surface area contributed by atoms with E-state index in [1.165, 1.54) is 0 Å². The summed E-state index contributed by atoms with van der Waals surface area (Å²) >= 11 is 0. The number of hydrogen-bond acceptors (Lipinski definition) is 2. The molecule has 0 bridgehead atoms. The summed E-state index contributed by atoms with van der Waals surface area (Å²) in [6, 6.07) is 5.14. The van der Waals surface area contributed by atoms with E-state index in [1.54, 1.807) is 18.2 Å². The molecule has 0 aliphatic heterocycles. The Labute approximate surface area is 83.6 Å². The fourth-order valence-corrected chi connectivity index (χ4v) is 0.978. The number of amides is 1. The third-order valence-electron chi connectivity index (χ3n) is 1.55. The molecule has 1 N–H and O–H groups in total. The second-order valence-electron chi connectivity index (χ2n) is 3.18. The summed E-state index contributed by atoms with van der Waals surface area (Å²) in [7, 11) is 0. The summed E-state index contributed by atoms with van der Waals surface area (Å²) in [4.78, 5) is 15.5. The van der Waals surface area contributed by atoms with Crippen molar-refractivity contribution in [1.82, 2.24) is 10.3 Å². The van der Waals surface area contributed by atoms with Gasteiger partial charge in [0.15, 0.2) is 0 Å². The summed E-state index contributed by atoms with van der Waals surface area (Å²) in [6.07, 6.45) is 5.18. The van der Waals surface area contributed by atoms with Crippen molar-refractivity contribution in [3.63, 3.8) is 0 Å². The first-order chi connectivity index (χ1) is 6.63. The van der Waals surface area contributed by atoms with Crippen LogP contribution in [0, 0.1) is 12.3 Å². The average molecular weight is 188 g/mol. The van der Waals surface area contributed by atoms with E-state index < -0.39 is 0 Å². The van der Waals surface area contributed by atoms with E-state index in [-0.39, 0.29) is 11.9 Å². The normalized spacial score (nSPS) is 9.57. The number of pyridine rings is 1. The smallest absolute Gasteiger partial charge is 0.270 e. The molecule has 0 radical (unpaired) electrons. The average Bonchev–Trinajstić information content (AvgIpc) is 2.17. The topological polar surface area (TPSA) is 42.0 Å². The molecular formula is C11H12N2O. The molecule has 0 aromatic carbocycles. The summed E-state index contributed by atoms with van der Waals surface area (Å²) in [5.41, 5.74) is 0.829. The molecule has 0 fully saturated rings. The van der Waals surface area contributed by atoms with E-state index in [0.29, 0.717) is 11.4 Å². The summed E-state index contributed by atoms with van der Waals surface area (Å²) in [6.45, 7) is 3.78. The Kier molecular flexibility index (Phi) is 3.24. The molecule has 72 valence electrons. The van der Waals surface area contributed by atoms with Crippen LogP contribution in [0.1, 0.15) is 30.0 Å². The maximum Gasteiger partial charge on any atom is 0.270 e. The molecule has 1 aromatic heterocycles. The van der Waals surface area contributed by atoms with Gasteiger partial charge in [-0.2, -0.15) is 0 Å². The lowest BCUT2D eigenvalue weighted by Gasteiger charge is -2.07. The first kappa shape index (κ1) is 10.3. The SMILES string of the molecule is C#Cc1cccc(C(=O)NC(C)C)n1. The van der Waals surface area contributed by atoms with Gasteiger partial charge in [0.25, 0.3) is 5.91 Å². The van der Waals surface area contributed by atoms with Crippen LogP contribution in [-0.2, 0) is 0 Å². The molecule has 0 saturated carbocycles. The summed E-state index contributed by atoms with van der Waals surface area (Å²) in [5.74, 6) is 2.19. The molecule has 1 aromatic rings. The zero-order valence-corrected chi connectivity index (χ0v) is 8.24. The molecule has 14 heavy (non-hydrogen) atoms. The van der Waals surface area contributed by atoms with Crippen LogP contribution >= 0.6 is 0 Å². The maximum absolute atomic E-state index is 11.5. The molecule has 0 aliphatic rings. The van der Waals surface area contributed by atoms with Gasteiger partial charge in [0.05, 0.1) is 0 Å². The van der Waals surface area contributed by atoms with Crippen molar-refractivity contribution in [2.75, 3.05) is 0 Å². The fraction of sp³-hybridized carbons (Fsp3) is 0.273. The number of nitrogens with one attached hydrogen (secondary N) is 1. The van der Waals surface area contributed by atoms with Gasteiger partial charge in [-0.05, 0) is 26.0 Å². The zero-order valence-electron chi connectivity index (χ0n) is 8.24. The molecule has 1 amide bonds. The van der Waals surface area contributed by atoms with Crippen molar-refractivity contribution in [3.8, 4) is 12.3 Å². The van der Waals surface area contributed by atoms with Gasteiger partial charge in [0.2, 0.25) is 0 Å². The maximum atomic E-state index is 11.5. The van der Waals surface area contributed by atoms with E-state index in [1.807, 2.05) is 13.8 Å². The lowest BCUT2D eigenvalue weighted by Crippen LogP contribution is -2.30. The van der Waals surface area contributed by atoms with Crippen molar-refractivity contribution in [3.05, 3.63) is 29.6 Å². The highest BCUT2D eigenvalue weighted by molar-refractivity contribution is 5.92. The number of carbonyl (C=O) groups excluding carboxylic acids is 1. The zero-order chi connectivity index (χ0) is 10.6. The molecule has 0 spiro atoms. The molecule has 0 unspecified atom stereocenters. The van der Waals surface area contributed by atoms with E-state index in [4.69, 9.17) is 6.42 Å². The number of hydrogen-bond donors (Lipinski definition) is 1. The van der Waals surface area contributed by atoms with Crippen molar-refractivity contribution < 1.29 is 4.79 Å². The third kappa shape index (κ3) is 2.60. The molecule has 1 heterocycles. The molecule has 0 atom stereocenters. The predicted octanol–water partition coefficient (Wildman–Crippen LogP) is 1.20. The van der Waals surface area contributed by atoms with Crippen LogP contribution in [0.4, 0.5) is 0 Å². The van der Waals surface area contributed by atoms with Crippen molar-refractivity contribution in [2.24, 2.45) is 0 Å². The van der Waals surface area contributed by atoms with E-state index in [9.17, 15) is 4.79 Å². The number of terminal acetylenes is 1. The molecule has 0 aliphatic carbocycles. The lowest BCUT2D eigenvalue weighted by atomic mass is 10.3. The van der Waals surface area contributed by atoms with Gasteiger partial charge in [-0.25, -0.2) is 4.98 Å². The van der Waals surface area contributed by atoms with Crippen molar-refractivity contribution in [2.45, 2.75) is 19.9 Å². The van der Waals surface area contributed by atoms with E-state index >= 15 is 0 Å². The highest BCUT2D eigenvalue weighted by atomic mass is 16.1.